The van der Waals surface area contributed by atoms with Crippen LogP contribution in [0.5, 0.6) is 0 Å². The Labute approximate surface area is 132 Å². The van der Waals surface area contributed by atoms with E-state index in [9.17, 15) is 4.79 Å². The number of hydrogen-bond acceptors (Lipinski definition) is 5. The van der Waals surface area contributed by atoms with Crippen molar-refractivity contribution in [2.75, 3.05) is 0 Å². The molecular formula is C16H14N4OS. The van der Waals surface area contributed by atoms with Gasteiger partial charge in [0.05, 0.1) is 6.20 Å². The molecule has 2 aromatic heterocycles. The minimum Gasteiger partial charge on any atom is -0.347 e. The zero-order valence-electron chi connectivity index (χ0n) is 12.0. The van der Waals surface area contributed by atoms with E-state index in [4.69, 9.17) is 0 Å². The average molecular weight is 310 g/mol. The molecule has 110 valence electrons. The minimum atomic E-state index is -0.229. The molecule has 3 aromatic rings. The number of rotatable bonds is 4. The largest absolute Gasteiger partial charge is 0.347 e. The number of nitrogens with zero attached hydrogens (tertiary/aromatic N) is 3. The molecule has 0 unspecified atom stereocenters. The number of aryl methyl sites for hydroxylation is 1. The highest BCUT2D eigenvalue weighted by Crippen LogP contribution is 2.23. The molecule has 0 saturated carbocycles. The summed E-state index contributed by atoms with van der Waals surface area (Å²) in [4.78, 5) is 24.2. The van der Waals surface area contributed by atoms with Gasteiger partial charge in [0.1, 0.15) is 10.7 Å². The van der Waals surface area contributed by atoms with Crippen LogP contribution in [0, 0.1) is 6.92 Å². The number of thiazole rings is 1. The third-order valence-electron chi connectivity index (χ3n) is 3.07. The van der Waals surface area contributed by atoms with E-state index in [0.29, 0.717) is 12.2 Å². The first kappa shape index (κ1) is 14.3. The van der Waals surface area contributed by atoms with Gasteiger partial charge in [-0.1, -0.05) is 24.3 Å². The highest BCUT2D eigenvalue weighted by Gasteiger charge is 2.07. The lowest BCUT2D eigenvalue weighted by Crippen LogP contribution is -2.23. The van der Waals surface area contributed by atoms with Crippen LogP contribution in [-0.2, 0) is 6.54 Å². The Bertz CT molecular complexity index is 768. The number of benzene rings is 1. The Balaban J connectivity index is 1.63. The number of nitrogens with one attached hydrogen (secondary N) is 1. The zero-order valence-corrected chi connectivity index (χ0v) is 12.8. The number of aromatic nitrogens is 3. The summed E-state index contributed by atoms with van der Waals surface area (Å²) < 4.78 is 0. The summed E-state index contributed by atoms with van der Waals surface area (Å²) >= 11 is 1.63. The summed E-state index contributed by atoms with van der Waals surface area (Å²) in [5, 5.41) is 5.86. The fourth-order valence-electron chi connectivity index (χ4n) is 1.94. The molecule has 0 aliphatic rings. The number of amides is 1. The van der Waals surface area contributed by atoms with Crippen LogP contribution in [0.4, 0.5) is 0 Å². The molecule has 0 radical (unpaired) electrons. The maximum atomic E-state index is 11.9. The molecular weight excluding hydrogens is 296 g/mol. The van der Waals surface area contributed by atoms with Crippen molar-refractivity contribution in [3.63, 3.8) is 0 Å². The first-order valence-corrected chi connectivity index (χ1v) is 7.66. The third-order valence-corrected chi connectivity index (χ3v) is 4.08. The van der Waals surface area contributed by atoms with Crippen molar-refractivity contribution in [2.45, 2.75) is 13.5 Å². The molecule has 0 atom stereocenters. The lowest BCUT2D eigenvalue weighted by atomic mass is 10.1. The predicted molar refractivity (Wildman–Crippen MR) is 85.5 cm³/mol. The first-order chi connectivity index (χ1) is 10.7. The summed E-state index contributed by atoms with van der Waals surface area (Å²) in [6, 6.07) is 8.01. The highest BCUT2D eigenvalue weighted by atomic mass is 32.1. The Morgan fingerprint density at radius 2 is 2.05 bits per heavy atom. The topological polar surface area (TPSA) is 67.8 Å². The highest BCUT2D eigenvalue weighted by molar-refractivity contribution is 7.13. The van der Waals surface area contributed by atoms with Gasteiger partial charge in [0.2, 0.25) is 0 Å². The van der Waals surface area contributed by atoms with Crippen LogP contribution in [0.15, 0.2) is 48.2 Å². The fourth-order valence-corrected chi connectivity index (χ4v) is 2.74. The number of carbonyl (C=O) groups excluding carboxylic acids is 1. The van der Waals surface area contributed by atoms with Crippen molar-refractivity contribution in [2.24, 2.45) is 0 Å². The van der Waals surface area contributed by atoms with Crippen molar-refractivity contribution < 1.29 is 4.79 Å². The Kier molecular flexibility index (Phi) is 4.20. The Morgan fingerprint density at radius 3 is 2.68 bits per heavy atom. The standard InChI is InChI=1S/C16H14N4OS/c1-11-10-22-16(20-11)13-4-2-12(3-5-13)8-19-15(21)14-9-17-6-7-18-14/h2-7,9-10H,8H2,1H3,(H,19,21). The Morgan fingerprint density at radius 1 is 1.23 bits per heavy atom. The molecule has 2 heterocycles. The quantitative estimate of drug-likeness (QED) is 0.804. The van der Waals surface area contributed by atoms with Crippen molar-refractivity contribution in [1.29, 1.82) is 0 Å². The molecule has 6 heteroatoms. The molecule has 0 spiro atoms. The second-order valence-corrected chi connectivity index (χ2v) is 5.62. The van der Waals surface area contributed by atoms with E-state index >= 15 is 0 Å². The smallest absolute Gasteiger partial charge is 0.271 e. The van der Waals surface area contributed by atoms with Gasteiger partial charge in [0.15, 0.2) is 0 Å². The lowest BCUT2D eigenvalue weighted by molar-refractivity contribution is 0.0945. The zero-order chi connectivity index (χ0) is 15.4. The van der Waals surface area contributed by atoms with Gasteiger partial charge in [-0.05, 0) is 12.5 Å². The van der Waals surface area contributed by atoms with E-state index in [2.05, 4.69) is 20.3 Å². The van der Waals surface area contributed by atoms with E-state index < -0.39 is 0 Å². The van der Waals surface area contributed by atoms with E-state index in [-0.39, 0.29) is 5.91 Å². The molecule has 0 saturated heterocycles. The van der Waals surface area contributed by atoms with Gasteiger partial charge >= 0.3 is 0 Å². The molecule has 1 N–H and O–H groups in total. The Hall–Kier alpha value is -2.60. The van der Waals surface area contributed by atoms with Gasteiger partial charge in [0.25, 0.3) is 5.91 Å². The summed E-state index contributed by atoms with van der Waals surface area (Å²) in [6.45, 7) is 2.43. The van der Waals surface area contributed by atoms with Crippen molar-refractivity contribution in [3.05, 3.63) is 65.2 Å². The van der Waals surface area contributed by atoms with Crippen molar-refractivity contribution in [3.8, 4) is 10.6 Å². The molecule has 1 amide bonds. The summed E-state index contributed by atoms with van der Waals surface area (Å²) in [6.07, 6.45) is 4.48. The van der Waals surface area contributed by atoms with E-state index in [1.807, 2.05) is 36.6 Å². The third kappa shape index (κ3) is 3.35. The van der Waals surface area contributed by atoms with Crippen molar-refractivity contribution >= 4 is 17.2 Å². The molecule has 0 bridgehead atoms. The summed E-state index contributed by atoms with van der Waals surface area (Å²) in [5.74, 6) is -0.229. The average Bonchev–Trinajstić information content (AvgIpc) is 3.00. The number of hydrogen-bond donors (Lipinski definition) is 1. The normalized spacial score (nSPS) is 10.4. The van der Waals surface area contributed by atoms with Gasteiger partial charge in [-0.25, -0.2) is 9.97 Å². The molecule has 0 aliphatic heterocycles. The van der Waals surface area contributed by atoms with Gasteiger partial charge in [0, 0.05) is 35.6 Å². The minimum absolute atomic E-state index is 0.229. The number of carbonyl (C=O) groups is 1. The van der Waals surface area contributed by atoms with Gasteiger partial charge < -0.3 is 5.32 Å². The summed E-state index contributed by atoms with van der Waals surface area (Å²) in [7, 11) is 0. The first-order valence-electron chi connectivity index (χ1n) is 6.78. The maximum Gasteiger partial charge on any atom is 0.271 e. The second-order valence-electron chi connectivity index (χ2n) is 4.76. The van der Waals surface area contributed by atoms with Gasteiger partial charge in [-0.3, -0.25) is 9.78 Å². The molecule has 5 nitrogen and oxygen atoms in total. The predicted octanol–water partition coefficient (Wildman–Crippen LogP) is 2.84. The second kappa shape index (κ2) is 6.44. The van der Waals surface area contributed by atoms with E-state index in [1.54, 1.807) is 11.3 Å². The fraction of sp³-hybridized carbons (Fsp3) is 0.125. The maximum absolute atomic E-state index is 11.9. The van der Waals surface area contributed by atoms with Crippen LogP contribution in [0.3, 0.4) is 0 Å². The van der Waals surface area contributed by atoms with Gasteiger partial charge in [-0.15, -0.1) is 11.3 Å². The van der Waals surface area contributed by atoms with Gasteiger partial charge in [-0.2, -0.15) is 0 Å². The summed E-state index contributed by atoms with van der Waals surface area (Å²) in [5.41, 5.74) is 3.45. The molecule has 1 aromatic carbocycles. The monoisotopic (exact) mass is 310 g/mol. The van der Waals surface area contributed by atoms with E-state index in [0.717, 1.165) is 21.8 Å². The van der Waals surface area contributed by atoms with Crippen LogP contribution >= 0.6 is 11.3 Å². The van der Waals surface area contributed by atoms with Crippen LogP contribution in [-0.4, -0.2) is 20.9 Å². The van der Waals surface area contributed by atoms with Crippen LogP contribution in [0.2, 0.25) is 0 Å². The lowest BCUT2D eigenvalue weighted by Gasteiger charge is -2.05. The van der Waals surface area contributed by atoms with Crippen LogP contribution in [0.25, 0.3) is 10.6 Å². The molecule has 0 aliphatic carbocycles. The van der Waals surface area contributed by atoms with Crippen LogP contribution < -0.4 is 5.32 Å². The molecule has 0 fully saturated rings. The van der Waals surface area contributed by atoms with E-state index in [1.165, 1.54) is 18.6 Å². The molecule has 3 rings (SSSR count). The van der Waals surface area contributed by atoms with Crippen LogP contribution in [0.1, 0.15) is 21.7 Å². The molecule has 22 heavy (non-hydrogen) atoms. The van der Waals surface area contributed by atoms with Crippen molar-refractivity contribution in [1.82, 2.24) is 20.3 Å². The SMILES string of the molecule is Cc1csc(-c2ccc(CNC(=O)c3cnccn3)cc2)n1.